The minimum Gasteiger partial charge on any atom is -0.482 e. The van der Waals surface area contributed by atoms with Gasteiger partial charge in [0.15, 0.2) is 11.5 Å². The molecule has 3 rings (SSSR count). The van der Waals surface area contributed by atoms with E-state index in [2.05, 4.69) is 0 Å². The van der Waals surface area contributed by atoms with Gasteiger partial charge in [-0.25, -0.2) is 0 Å². The molecule has 2 nitrogen and oxygen atoms in total. The summed E-state index contributed by atoms with van der Waals surface area (Å²) in [6, 6.07) is 15.2. The Morgan fingerprint density at radius 1 is 1.00 bits per heavy atom. The lowest BCUT2D eigenvalue weighted by molar-refractivity contribution is 0.235. The molecule has 0 spiro atoms. The molecule has 0 saturated carbocycles. The molecule has 1 aliphatic heterocycles. The van der Waals surface area contributed by atoms with E-state index < -0.39 is 0 Å². The molecule has 0 atom stereocenters. The number of ether oxygens (including phenoxy) is 2. The third-order valence-corrected chi connectivity index (χ3v) is 2.87. The van der Waals surface area contributed by atoms with Gasteiger partial charge in [0, 0.05) is 5.02 Å². The predicted molar refractivity (Wildman–Crippen MR) is 72.0 cm³/mol. The molecule has 0 unspecified atom stereocenters. The highest BCUT2D eigenvalue weighted by Crippen LogP contribution is 2.32. The largest absolute Gasteiger partial charge is 0.482 e. The lowest BCUT2D eigenvalue weighted by Gasteiger charge is -2.20. The van der Waals surface area contributed by atoms with Crippen LogP contribution in [0.3, 0.4) is 0 Å². The summed E-state index contributed by atoms with van der Waals surface area (Å²) in [6.07, 6.45) is 1.93. The number of hydrogen-bond donors (Lipinski definition) is 0. The number of hydrogen-bond acceptors (Lipinski definition) is 2. The van der Waals surface area contributed by atoms with Crippen molar-refractivity contribution in [1.29, 1.82) is 0 Å². The van der Waals surface area contributed by atoms with Gasteiger partial charge < -0.3 is 9.47 Å². The first kappa shape index (κ1) is 11.2. The number of para-hydroxylation sites is 2. The average Bonchev–Trinajstić information content (AvgIpc) is 2.39. The summed E-state index contributed by atoms with van der Waals surface area (Å²) in [4.78, 5) is 0. The van der Waals surface area contributed by atoms with E-state index in [4.69, 9.17) is 21.1 Å². The molecule has 1 aliphatic rings. The Morgan fingerprint density at radius 3 is 2.67 bits per heavy atom. The summed E-state index contributed by atoms with van der Waals surface area (Å²) >= 11 is 5.94. The van der Waals surface area contributed by atoms with E-state index in [1.807, 2.05) is 54.6 Å². The summed E-state index contributed by atoms with van der Waals surface area (Å²) in [5.74, 6) is 2.30. The molecule has 18 heavy (non-hydrogen) atoms. The topological polar surface area (TPSA) is 18.5 Å². The zero-order valence-corrected chi connectivity index (χ0v) is 10.4. The minimum atomic E-state index is 0.434. The van der Waals surface area contributed by atoms with E-state index in [1.165, 1.54) is 0 Å². The van der Waals surface area contributed by atoms with Gasteiger partial charge in [0.25, 0.3) is 0 Å². The highest BCUT2D eigenvalue weighted by Gasteiger charge is 2.14. The van der Waals surface area contributed by atoms with Gasteiger partial charge in [-0.2, -0.15) is 0 Å². The average molecular weight is 259 g/mol. The molecule has 0 aliphatic carbocycles. The summed E-state index contributed by atoms with van der Waals surface area (Å²) in [6.45, 7) is 0.434. The third-order valence-electron chi connectivity index (χ3n) is 2.64. The molecular weight excluding hydrogens is 248 g/mol. The predicted octanol–water partition coefficient (Wildman–Crippen LogP) is 4.15. The Kier molecular flexibility index (Phi) is 2.95. The Bertz CT molecular complexity index is 605. The van der Waals surface area contributed by atoms with Crippen molar-refractivity contribution in [2.24, 2.45) is 0 Å². The molecule has 2 aromatic rings. The quantitative estimate of drug-likeness (QED) is 0.765. The molecule has 0 aromatic heterocycles. The van der Waals surface area contributed by atoms with Crippen LogP contribution in [-0.2, 0) is 0 Å². The van der Waals surface area contributed by atoms with Crippen LogP contribution in [0, 0.1) is 0 Å². The van der Waals surface area contributed by atoms with E-state index >= 15 is 0 Å². The van der Waals surface area contributed by atoms with Gasteiger partial charge in [-0.3, -0.25) is 0 Å². The number of fused-ring (bicyclic) bond motifs is 1. The Balaban J connectivity index is 1.88. The van der Waals surface area contributed by atoms with Gasteiger partial charge in [-0.15, -0.1) is 0 Å². The molecule has 2 aromatic carbocycles. The van der Waals surface area contributed by atoms with Crippen LogP contribution in [0.5, 0.6) is 11.5 Å². The van der Waals surface area contributed by atoms with Crippen LogP contribution in [0.15, 0.2) is 54.3 Å². The van der Waals surface area contributed by atoms with Crippen molar-refractivity contribution in [1.82, 2.24) is 0 Å². The molecule has 0 N–H and O–H groups in total. The van der Waals surface area contributed by atoms with Crippen LogP contribution in [0.1, 0.15) is 5.56 Å². The summed E-state index contributed by atoms with van der Waals surface area (Å²) in [5, 5.41) is 0.710. The monoisotopic (exact) mass is 258 g/mol. The first-order chi connectivity index (χ1) is 8.81. The standard InChI is InChI=1S/C15H11ClO2/c16-12-5-3-4-11(8-12)9-13-10-17-14-6-1-2-7-15(14)18-13/h1-9H,10H2/b13-9-. The van der Waals surface area contributed by atoms with Gasteiger partial charge in [0.1, 0.15) is 12.4 Å². The van der Waals surface area contributed by atoms with Crippen molar-refractivity contribution < 1.29 is 9.47 Å². The maximum atomic E-state index is 5.94. The van der Waals surface area contributed by atoms with Gasteiger partial charge in [0.05, 0.1) is 0 Å². The Labute approximate surface area is 110 Å². The highest BCUT2D eigenvalue weighted by molar-refractivity contribution is 6.30. The zero-order valence-electron chi connectivity index (χ0n) is 9.60. The lowest BCUT2D eigenvalue weighted by Crippen LogP contribution is -2.13. The molecule has 3 heteroatoms. The first-order valence-electron chi connectivity index (χ1n) is 5.67. The molecule has 0 saturated heterocycles. The summed E-state index contributed by atoms with van der Waals surface area (Å²) < 4.78 is 11.4. The van der Waals surface area contributed by atoms with Crippen LogP contribution in [0.4, 0.5) is 0 Å². The van der Waals surface area contributed by atoms with Gasteiger partial charge in [-0.1, -0.05) is 35.9 Å². The van der Waals surface area contributed by atoms with E-state index in [9.17, 15) is 0 Å². The van der Waals surface area contributed by atoms with E-state index in [1.54, 1.807) is 0 Å². The molecule has 0 fully saturated rings. The van der Waals surface area contributed by atoms with Gasteiger partial charge in [-0.05, 0) is 35.9 Å². The molecule has 90 valence electrons. The number of rotatable bonds is 1. The minimum absolute atomic E-state index is 0.434. The molecule has 1 heterocycles. The normalized spacial score (nSPS) is 15.7. The van der Waals surface area contributed by atoms with Gasteiger partial charge >= 0.3 is 0 Å². The highest BCUT2D eigenvalue weighted by atomic mass is 35.5. The lowest BCUT2D eigenvalue weighted by atomic mass is 10.2. The first-order valence-corrected chi connectivity index (χ1v) is 6.05. The van der Waals surface area contributed by atoms with Crippen molar-refractivity contribution in [2.75, 3.05) is 6.61 Å². The van der Waals surface area contributed by atoms with Crippen molar-refractivity contribution in [3.05, 3.63) is 64.9 Å². The van der Waals surface area contributed by atoms with Crippen LogP contribution >= 0.6 is 11.6 Å². The van der Waals surface area contributed by atoms with Gasteiger partial charge in [0.2, 0.25) is 0 Å². The van der Waals surface area contributed by atoms with Crippen molar-refractivity contribution in [2.45, 2.75) is 0 Å². The fraction of sp³-hybridized carbons (Fsp3) is 0.0667. The summed E-state index contributed by atoms with van der Waals surface area (Å²) in [5.41, 5.74) is 1.00. The molecule has 0 radical (unpaired) electrons. The van der Waals surface area contributed by atoms with E-state index in [0.717, 1.165) is 22.8 Å². The summed E-state index contributed by atoms with van der Waals surface area (Å²) in [7, 11) is 0. The molecular formula is C15H11ClO2. The maximum absolute atomic E-state index is 5.94. The SMILES string of the molecule is Clc1cccc(/C=C2/COc3ccccc3O2)c1. The van der Waals surface area contributed by atoms with Crippen LogP contribution in [0.2, 0.25) is 5.02 Å². The second-order valence-electron chi connectivity index (χ2n) is 4.00. The van der Waals surface area contributed by atoms with E-state index in [0.29, 0.717) is 11.6 Å². The zero-order chi connectivity index (χ0) is 12.4. The molecule has 0 amide bonds. The fourth-order valence-corrected chi connectivity index (χ4v) is 2.03. The number of halogens is 1. The number of benzene rings is 2. The second-order valence-corrected chi connectivity index (χ2v) is 4.44. The molecule has 0 bridgehead atoms. The van der Waals surface area contributed by atoms with Crippen molar-refractivity contribution in [3.8, 4) is 11.5 Å². The third kappa shape index (κ3) is 2.34. The van der Waals surface area contributed by atoms with Crippen LogP contribution < -0.4 is 9.47 Å². The second kappa shape index (κ2) is 4.75. The fourth-order valence-electron chi connectivity index (χ4n) is 1.83. The van der Waals surface area contributed by atoms with Crippen LogP contribution in [-0.4, -0.2) is 6.61 Å². The Morgan fingerprint density at radius 2 is 1.83 bits per heavy atom. The van der Waals surface area contributed by atoms with Crippen molar-refractivity contribution in [3.63, 3.8) is 0 Å². The smallest absolute Gasteiger partial charge is 0.169 e. The maximum Gasteiger partial charge on any atom is 0.169 e. The van der Waals surface area contributed by atoms with Crippen molar-refractivity contribution >= 4 is 17.7 Å². The van der Waals surface area contributed by atoms with Crippen LogP contribution in [0.25, 0.3) is 6.08 Å². The Hall–Kier alpha value is -1.93. The van der Waals surface area contributed by atoms with E-state index in [-0.39, 0.29) is 0 Å².